The second kappa shape index (κ2) is 6.95. The molecule has 0 amide bonds. The molecule has 0 unspecified atom stereocenters. The van der Waals surface area contributed by atoms with Crippen molar-refractivity contribution in [3.05, 3.63) is 46.5 Å². The van der Waals surface area contributed by atoms with Crippen LogP contribution in [0.15, 0.2) is 30.9 Å². The summed E-state index contributed by atoms with van der Waals surface area (Å²) in [6.07, 6.45) is 1.90. The second-order valence-electron chi connectivity index (χ2n) is 3.80. The van der Waals surface area contributed by atoms with Crippen molar-refractivity contribution in [1.29, 1.82) is 0 Å². The number of halogens is 5. The van der Waals surface area contributed by atoms with E-state index in [1.54, 1.807) is 6.07 Å². The van der Waals surface area contributed by atoms with Crippen molar-refractivity contribution in [2.75, 3.05) is 0 Å². The van der Waals surface area contributed by atoms with E-state index >= 15 is 0 Å². The molecule has 5 nitrogen and oxygen atoms in total. The summed E-state index contributed by atoms with van der Waals surface area (Å²) in [6.45, 7) is 0. The summed E-state index contributed by atoms with van der Waals surface area (Å²) >= 11 is 21.7. The number of aromatic nitrogens is 3. The fourth-order valence-corrected chi connectivity index (χ4v) is 2.82. The van der Waals surface area contributed by atoms with Crippen molar-refractivity contribution in [2.45, 2.75) is 8.37 Å². The molecule has 1 atom stereocenters. The van der Waals surface area contributed by atoms with E-state index in [-0.39, 0.29) is 10.6 Å². The summed E-state index contributed by atoms with van der Waals surface area (Å²) in [4.78, 5) is 16.1. The van der Waals surface area contributed by atoms with Crippen LogP contribution < -0.4 is 0 Å². The van der Waals surface area contributed by atoms with Crippen LogP contribution in [0.1, 0.15) is 16.6 Å². The molecule has 0 radical (unpaired) electrons. The van der Waals surface area contributed by atoms with E-state index in [2.05, 4.69) is 57.9 Å². The largest absolute Gasteiger partial charge is 0.433 e. The lowest BCUT2D eigenvalue weighted by Gasteiger charge is -2.25. The van der Waals surface area contributed by atoms with Crippen LogP contribution in [0.2, 0.25) is 10.0 Å². The highest BCUT2D eigenvalue weighted by molar-refractivity contribution is 9.39. The fourth-order valence-electron chi connectivity index (χ4n) is 1.43. The molecular weight excluding hydrogens is 517 g/mol. The minimum Gasteiger partial charge on any atom is -0.433 e. The number of alkyl halides is 3. The van der Waals surface area contributed by atoms with Crippen LogP contribution in [-0.4, -0.2) is 22.9 Å². The SMILES string of the molecule is O=C(O[C@@H](n1cncn1)C(Br)(Br)Br)c1ccc(Cl)cc1Cl. The molecule has 112 valence electrons. The smallest absolute Gasteiger partial charge is 0.341 e. The molecule has 1 aromatic heterocycles. The summed E-state index contributed by atoms with van der Waals surface area (Å²) < 4.78 is 5.86. The van der Waals surface area contributed by atoms with Gasteiger partial charge in [0.2, 0.25) is 6.23 Å². The summed E-state index contributed by atoms with van der Waals surface area (Å²) in [5.41, 5.74) is 0.197. The number of hydrogen-bond donors (Lipinski definition) is 0. The Morgan fingerprint density at radius 2 is 2.05 bits per heavy atom. The molecule has 0 aliphatic heterocycles. The summed E-state index contributed by atoms with van der Waals surface area (Å²) in [6, 6.07) is 4.51. The first-order valence-electron chi connectivity index (χ1n) is 5.36. The van der Waals surface area contributed by atoms with E-state index < -0.39 is 14.3 Å². The highest BCUT2D eigenvalue weighted by atomic mass is 80.0. The van der Waals surface area contributed by atoms with Gasteiger partial charge in [-0.1, -0.05) is 71.0 Å². The lowest BCUT2D eigenvalue weighted by atomic mass is 10.2. The Morgan fingerprint density at radius 3 is 2.57 bits per heavy atom. The predicted molar refractivity (Wildman–Crippen MR) is 90.4 cm³/mol. The highest BCUT2D eigenvalue weighted by Crippen LogP contribution is 2.44. The van der Waals surface area contributed by atoms with Gasteiger partial charge in [0.15, 0.2) is 2.14 Å². The van der Waals surface area contributed by atoms with E-state index in [9.17, 15) is 4.79 Å². The van der Waals surface area contributed by atoms with Gasteiger partial charge in [-0.05, 0) is 18.2 Å². The normalized spacial score (nSPS) is 13.0. The molecule has 0 saturated carbocycles. The van der Waals surface area contributed by atoms with Gasteiger partial charge in [-0.25, -0.2) is 14.5 Å². The number of esters is 1. The van der Waals surface area contributed by atoms with Crippen LogP contribution in [0.4, 0.5) is 0 Å². The Kier molecular flexibility index (Phi) is 5.70. The van der Waals surface area contributed by atoms with Crippen molar-refractivity contribution >= 4 is 77.0 Å². The van der Waals surface area contributed by atoms with E-state index in [0.717, 1.165) is 0 Å². The van der Waals surface area contributed by atoms with Crippen LogP contribution in [0, 0.1) is 0 Å². The fraction of sp³-hybridized carbons (Fsp3) is 0.182. The van der Waals surface area contributed by atoms with E-state index in [0.29, 0.717) is 5.02 Å². The molecule has 0 aliphatic rings. The standard InChI is InChI=1S/C11H6Br3Cl2N3O2/c12-11(13,14)10(19-5-17-4-18-19)21-9(20)7-2-1-6(15)3-8(7)16/h1-5,10H/t10-/m1/s1. The maximum absolute atomic E-state index is 12.3. The Morgan fingerprint density at radius 1 is 1.33 bits per heavy atom. The molecule has 0 fully saturated rings. The van der Waals surface area contributed by atoms with Gasteiger partial charge < -0.3 is 4.74 Å². The van der Waals surface area contributed by atoms with Crippen LogP contribution >= 0.6 is 71.0 Å². The van der Waals surface area contributed by atoms with E-state index in [1.807, 2.05) is 0 Å². The van der Waals surface area contributed by atoms with E-state index in [1.165, 1.54) is 29.5 Å². The third-order valence-corrected chi connectivity index (χ3v) is 4.05. The van der Waals surface area contributed by atoms with Crippen molar-refractivity contribution in [1.82, 2.24) is 14.8 Å². The molecule has 2 aromatic rings. The highest BCUT2D eigenvalue weighted by Gasteiger charge is 2.37. The van der Waals surface area contributed by atoms with Gasteiger partial charge in [0, 0.05) is 5.02 Å². The average Bonchev–Trinajstić information content (AvgIpc) is 2.87. The number of ether oxygens (including phenoxy) is 1. The molecule has 0 aliphatic carbocycles. The van der Waals surface area contributed by atoms with E-state index in [4.69, 9.17) is 27.9 Å². The van der Waals surface area contributed by atoms with Crippen molar-refractivity contribution in [3.8, 4) is 0 Å². The van der Waals surface area contributed by atoms with Gasteiger partial charge in [-0.15, -0.1) is 0 Å². The first-order valence-corrected chi connectivity index (χ1v) is 8.49. The Hall–Kier alpha value is -0.150. The first kappa shape index (κ1) is 17.2. The minimum absolute atomic E-state index is 0.197. The number of carbonyl (C=O) groups is 1. The summed E-state index contributed by atoms with van der Waals surface area (Å²) in [5, 5.41) is 4.58. The molecule has 21 heavy (non-hydrogen) atoms. The van der Waals surface area contributed by atoms with Gasteiger partial charge in [0.25, 0.3) is 0 Å². The first-order chi connectivity index (χ1) is 9.79. The minimum atomic E-state index is -0.921. The molecule has 10 heteroatoms. The van der Waals surface area contributed by atoms with Gasteiger partial charge in [-0.3, -0.25) is 0 Å². The molecular formula is C11H6Br3Cl2N3O2. The maximum atomic E-state index is 12.3. The molecule has 2 rings (SSSR count). The molecule has 0 saturated heterocycles. The molecule has 0 N–H and O–H groups in total. The number of hydrogen-bond acceptors (Lipinski definition) is 4. The third-order valence-electron chi connectivity index (χ3n) is 2.33. The Bertz CT molecular complexity index is 647. The Balaban J connectivity index is 2.27. The molecule has 0 spiro atoms. The van der Waals surface area contributed by atoms with Crippen LogP contribution in [0.5, 0.6) is 0 Å². The lowest BCUT2D eigenvalue weighted by Crippen LogP contribution is -2.28. The molecule has 1 heterocycles. The van der Waals surface area contributed by atoms with Gasteiger partial charge in [0.1, 0.15) is 12.7 Å². The van der Waals surface area contributed by atoms with Gasteiger partial charge in [0.05, 0.1) is 10.6 Å². The maximum Gasteiger partial charge on any atom is 0.341 e. The Labute approximate surface area is 155 Å². The number of nitrogens with zero attached hydrogens (tertiary/aromatic N) is 3. The predicted octanol–water partition coefficient (Wildman–Crippen LogP) is 4.78. The molecule has 0 bridgehead atoms. The quantitative estimate of drug-likeness (QED) is 0.430. The van der Waals surface area contributed by atoms with Crippen LogP contribution in [-0.2, 0) is 4.74 Å². The zero-order valence-corrected chi connectivity index (χ0v) is 16.3. The zero-order valence-electron chi connectivity index (χ0n) is 10.0. The van der Waals surface area contributed by atoms with Gasteiger partial charge in [-0.2, -0.15) is 5.10 Å². The van der Waals surface area contributed by atoms with Crippen molar-refractivity contribution in [3.63, 3.8) is 0 Å². The van der Waals surface area contributed by atoms with Crippen LogP contribution in [0.25, 0.3) is 0 Å². The summed E-state index contributed by atoms with van der Waals surface area (Å²) in [5.74, 6) is -0.625. The zero-order chi connectivity index (χ0) is 15.6. The second-order valence-corrected chi connectivity index (χ2v) is 11.6. The van der Waals surface area contributed by atoms with Crippen molar-refractivity contribution in [2.24, 2.45) is 0 Å². The monoisotopic (exact) mass is 519 g/mol. The number of benzene rings is 1. The molecule has 1 aromatic carbocycles. The average molecular weight is 523 g/mol. The van der Waals surface area contributed by atoms with Gasteiger partial charge >= 0.3 is 5.97 Å². The third kappa shape index (κ3) is 4.41. The summed E-state index contributed by atoms with van der Waals surface area (Å²) in [7, 11) is 0. The number of rotatable bonds is 3. The van der Waals surface area contributed by atoms with Crippen LogP contribution in [0.3, 0.4) is 0 Å². The lowest BCUT2D eigenvalue weighted by molar-refractivity contribution is 0.00976. The van der Waals surface area contributed by atoms with Crippen molar-refractivity contribution < 1.29 is 9.53 Å². The number of carbonyl (C=O) groups excluding carboxylic acids is 1. The topological polar surface area (TPSA) is 57.0 Å².